The highest BCUT2D eigenvalue weighted by molar-refractivity contribution is 14.0. The molecule has 1 saturated heterocycles. The molecule has 0 saturated carbocycles. The predicted molar refractivity (Wildman–Crippen MR) is 108 cm³/mol. The minimum atomic E-state index is -3.36. The van der Waals surface area contributed by atoms with Crippen LogP contribution in [0.15, 0.2) is 21.3 Å². The minimum absolute atomic E-state index is 0. The maximum atomic E-state index is 12.1. The first-order valence-electron chi connectivity index (χ1n) is 7.51. The van der Waals surface area contributed by atoms with Crippen molar-refractivity contribution >= 4 is 51.3 Å². The largest absolute Gasteiger partial charge is 0.376 e. The van der Waals surface area contributed by atoms with Crippen LogP contribution in [0.25, 0.3) is 0 Å². The summed E-state index contributed by atoms with van der Waals surface area (Å²) in [4.78, 5) is 5.10. The quantitative estimate of drug-likeness (QED) is 0.360. The third-order valence-electron chi connectivity index (χ3n) is 3.55. The Morgan fingerprint density at radius 3 is 2.75 bits per heavy atom. The summed E-state index contributed by atoms with van der Waals surface area (Å²) in [5.41, 5.74) is 0. The second-order valence-electron chi connectivity index (χ2n) is 5.45. The Morgan fingerprint density at radius 2 is 2.17 bits per heavy atom. The van der Waals surface area contributed by atoms with Gasteiger partial charge in [-0.05, 0) is 25.0 Å². The van der Waals surface area contributed by atoms with Crippen LogP contribution in [-0.4, -0.2) is 59.1 Å². The van der Waals surface area contributed by atoms with Gasteiger partial charge in [0.1, 0.15) is 4.21 Å². The second-order valence-corrected chi connectivity index (χ2v) is 9.00. The van der Waals surface area contributed by atoms with Crippen LogP contribution in [0.1, 0.15) is 17.7 Å². The van der Waals surface area contributed by atoms with Crippen LogP contribution < -0.4 is 10.6 Å². The van der Waals surface area contributed by atoms with E-state index in [0.717, 1.165) is 30.9 Å². The molecule has 7 nitrogen and oxygen atoms in total. The van der Waals surface area contributed by atoms with Crippen molar-refractivity contribution < 1.29 is 13.2 Å². The van der Waals surface area contributed by atoms with Gasteiger partial charge in [-0.1, -0.05) is 0 Å². The number of ether oxygens (including phenoxy) is 1. The van der Waals surface area contributed by atoms with Crippen molar-refractivity contribution in [2.45, 2.75) is 29.7 Å². The van der Waals surface area contributed by atoms with Gasteiger partial charge in [0, 0.05) is 39.2 Å². The normalized spacial score (nSPS) is 18.5. The monoisotopic (exact) mass is 488 g/mol. The molecule has 138 valence electrons. The van der Waals surface area contributed by atoms with E-state index in [2.05, 4.69) is 15.6 Å². The number of nitrogens with one attached hydrogen (secondary N) is 2. The van der Waals surface area contributed by atoms with Crippen LogP contribution in [0.3, 0.4) is 0 Å². The van der Waals surface area contributed by atoms with Crippen LogP contribution in [0, 0.1) is 0 Å². The molecular formula is C14H25IN4O3S2. The van der Waals surface area contributed by atoms with Crippen LogP contribution in [0.5, 0.6) is 0 Å². The van der Waals surface area contributed by atoms with Gasteiger partial charge in [-0.2, -0.15) is 0 Å². The lowest BCUT2D eigenvalue weighted by Crippen LogP contribution is -2.40. The summed E-state index contributed by atoms with van der Waals surface area (Å²) in [5, 5.41) is 6.42. The molecule has 2 N–H and O–H groups in total. The maximum Gasteiger partial charge on any atom is 0.252 e. The molecule has 24 heavy (non-hydrogen) atoms. The van der Waals surface area contributed by atoms with Crippen LogP contribution >= 0.6 is 35.3 Å². The Kier molecular flexibility index (Phi) is 8.91. The summed E-state index contributed by atoms with van der Waals surface area (Å²) in [7, 11) is 1.41. The molecule has 0 radical (unpaired) electrons. The smallest absolute Gasteiger partial charge is 0.252 e. The van der Waals surface area contributed by atoms with E-state index in [4.69, 9.17) is 4.74 Å². The van der Waals surface area contributed by atoms with Crippen molar-refractivity contribution in [3.63, 3.8) is 0 Å². The molecule has 1 aromatic rings. The van der Waals surface area contributed by atoms with E-state index >= 15 is 0 Å². The first-order chi connectivity index (χ1) is 10.9. The lowest BCUT2D eigenvalue weighted by Gasteiger charge is -2.14. The summed E-state index contributed by atoms with van der Waals surface area (Å²) in [6.45, 7) is 2.08. The molecule has 10 heteroatoms. The van der Waals surface area contributed by atoms with Crippen molar-refractivity contribution in [3.8, 4) is 0 Å². The molecule has 1 atom stereocenters. The van der Waals surface area contributed by atoms with Gasteiger partial charge in [-0.25, -0.2) is 12.7 Å². The van der Waals surface area contributed by atoms with Gasteiger partial charge in [-0.15, -0.1) is 35.3 Å². The molecule has 0 bridgehead atoms. The Hall–Kier alpha value is -0.430. The van der Waals surface area contributed by atoms with Gasteiger partial charge >= 0.3 is 0 Å². The van der Waals surface area contributed by atoms with Crippen molar-refractivity contribution in [1.29, 1.82) is 0 Å². The molecule has 2 rings (SSSR count). The molecule has 1 unspecified atom stereocenters. The number of hydrogen-bond donors (Lipinski definition) is 2. The van der Waals surface area contributed by atoms with Gasteiger partial charge in [0.05, 0.1) is 12.6 Å². The Labute approximate surface area is 164 Å². The van der Waals surface area contributed by atoms with Crippen molar-refractivity contribution in [1.82, 2.24) is 14.9 Å². The number of guanidine groups is 1. The van der Waals surface area contributed by atoms with E-state index < -0.39 is 10.0 Å². The van der Waals surface area contributed by atoms with Gasteiger partial charge in [0.2, 0.25) is 0 Å². The Bertz CT molecular complexity index is 640. The number of halogens is 1. The van der Waals surface area contributed by atoms with Gasteiger partial charge in [0.15, 0.2) is 5.96 Å². The van der Waals surface area contributed by atoms with E-state index in [9.17, 15) is 8.42 Å². The minimum Gasteiger partial charge on any atom is -0.376 e. The second kappa shape index (κ2) is 9.90. The van der Waals surface area contributed by atoms with E-state index in [1.807, 2.05) is 6.07 Å². The highest BCUT2D eigenvalue weighted by atomic mass is 127. The molecular weight excluding hydrogens is 463 g/mol. The number of rotatable bonds is 6. The van der Waals surface area contributed by atoms with Gasteiger partial charge in [0.25, 0.3) is 10.0 Å². The van der Waals surface area contributed by atoms with Gasteiger partial charge < -0.3 is 15.4 Å². The number of thiophene rings is 1. The van der Waals surface area contributed by atoms with Crippen molar-refractivity contribution in [2.24, 2.45) is 4.99 Å². The van der Waals surface area contributed by atoms with Crippen LogP contribution in [0.4, 0.5) is 0 Å². The fraction of sp³-hybridized carbons (Fsp3) is 0.643. The summed E-state index contributed by atoms with van der Waals surface area (Å²) in [6.07, 6.45) is 2.42. The summed E-state index contributed by atoms with van der Waals surface area (Å²) in [6, 6.07) is 3.46. The molecule has 2 heterocycles. The average Bonchev–Trinajstić information content (AvgIpc) is 3.18. The van der Waals surface area contributed by atoms with E-state index in [-0.39, 0.29) is 30.1 Å². The molecule has 1 aliphatic rings. The summed E-state index contributed by atoms with van der Waals surface area (Å²) >= 11 is 1.26. The lowest BCUT2D eigenvalue weighted by molar-refractivity contribution is 0.114. The standard InChI is InChI=1S/C14H24N4O3S2.HI/c1-15-14(16-9-11-5-4-8-21-11)17-10-12-6-7-13(22-12)23(19,20)18(2)3;/h6-7,11H,4-5,8-10H2,1-3H3,(H2,15,16,17);1H. The SMILES string of the molecule is CN=C(NCc1ccc(S(=O)(=O)N(C)C)s1)NCC1CCCO1.I. The predicted octanol–water partition coefficient (Wildman–Crippen LogP) is 1.46. The zero-order valence-corrected chi connectivity index (χ0v) is 18.1. The molecule has 0 amide bonds. The molecule has 0 spiro atoms. The molecule has 1 fully saturated rings. The number of nitrogens with zero attached hydrogens (tertiary/aromatic N) is 2. The Morgan fingerprint density at radius 1 is 1.42 bits per heavy atom. The Balaban J connectivity index is 0.00000288. The van der Waals surface area contributed by atoms with Crippen LogP contribution in [-0.2, 0) is 21.3 Å². The fourth-order valence-electron chi connectivity index (χ4n) is 2.18. The number of aliphatic imine (C=N–C) groups is 1. The third-order valence-corrected chi connectivity index (χ3v) is 6.91. The number of hydrogen-bond acceptors (Lipinski definition) is 5. The van der Waals surface area contributed by atoms with Crippen LogP contribution in [0.2, 0.25) is 0 Å². The molecule has 0 aromatic carbocycles. The number of sulfonamides is 1. The van der Waals surface area contributed by atoms with E-state index in [1.54, 1.807) is 13.1 Å². The van der Waals surface area contributed by atoms with Gasteiger partial charge in [-0.3, -0.25) is 4.99 Å². The lowest BCUT2D eigenvalue weighted by atomic mass is 10.2. The molecule has 1 aromatic heterocycles. The third kappa shape index (κ3) is 5.83. The van der Waals surface area contributed by atoms with Crippen molar-refractivity contribution in [3.05, 3.63) is 17.0 Å². The molecule has 0 aliphatic carbocycles. The highest BCUT2D eigenvalue weighted by Crippen LogP contribution is 2.23. The van der Waals surface area contributed by atoms with Crippen molar-refractivity contribution in [2.75, 3.05) is 34.3 Å². The zero-order valence-electron chi connectivity index (χ0n) is 14.1. The topological polar surface area (TPSA) is 83.0 Å². The summed E-state index contributed by atoms with van der Waals surface area (Å²) < 4.78 is 31.2. The first kappa shape index (κ1) is 21.6. The highest BCUT2D eigenvalue weighted by Gasteiger charge is 2.19. The maximum absolute atomic E-state index is 12.1. The molecule has 1 aliphatic heterocycles. The summed E-state index contributed by atoms with van der Waals surface area (Å²) in [5.74, 6) is 0.686. The average molecular weight is 488 g/mol. The van der Waals surface area contributed by atoms with E-state index in [0.29, 0.717) is 16.7 Å². The zero-order chi connectivity index (χ0) is 16.9. The van der Waals surface area contributed by atoms with E-state index in [1.165, 1.54) is 29.7 Å². The first-order valence-corrected chi connectivity index (χ1v) is 9.76. The fourth-order valence-corrected chi connectivity index (χ4v) is 4.64.